The lowest BCUT2D eigenvalue weighted by Gasteiger charge is -2.02. The third-order valence-corrected chi connectivity index (χ3v) is 4.42. The molecule has 0 saturated heterocycles. The molecular formula is C22H38O4. The Bertz CT molecular complexity index is 435. The van der Waals surface area contributed by atoms with Gasteiger partial charge < -0.3 is 15.3 Å². The van der Waals surface area contributed by atoms with Crippen LogP contribution in [0.2, 0.25) is 0 Å². The summed E-state index contributed by atoms with van der Waals surface area (Å²) >= 11 is 0. The molecule has 0 aromatic carbocycles. The molecule has 0 aromatic heterocycles. The van der Waals surface area contributed by atoms with Gasteiger partial charge >= 0.3 is 5.97 Å². The van der Waals surface area contributed by atoms with E-state index in [0.717, 1.165) is 12.8 Å². The van der Waals surface area contributed by atoms with Crippen molar-refractivity contribution in [1.82, 2.24) is 0 Å². The number of unbranched alkanes of at least 4 members (excludes halogenated alkanes) is 13. The second-order valence-electron chi connectivity index (χ2n) is 6.86. The van der Waals surface area contributed by atoms with Crippen molar-refractivity contribution in [2.24, 2.45) is 0 Å². The van der Waals surface area contributed by atoms with Crippen molar-refractivity contribution in [3.05, 3.63) is 35.8 Å². The molecule has 4 heteroatoms. The van der Waals surface area contributed by atoms with Crippen LogP contribution in [0.4, 0.5) is 0 Å². The van der Waals surface area contributed by atoms with Crippen LogP contribution in [0.3, 0.4) is 0 Å². The van der Waals surface area contributed by atoms with Crippen molar-refractivity contribution in [2.45, 2.75) is 96.8 Å². The van der Waals surface area contributed by atoms with Gasteiger partial charge in [0.1, 0.15) is 0 Å². The largest absolute Gasteiger partial charge is 0.504 e. The molecular weight excluding hydrogens is 328 g/mol. The Labute approximate surface area is 159 Å². The summed E-state index contributed by atoms with van der Waals surface area (Å²) in [6.07, 6.45) is 24.8. The van der Waals surface area contributed by atoms with E-state index >= 15 is 0 Å². The monoisotopic (exact) mass is 366 g/mol. The van der Waals surface area contributed by atoms with E-state index < -0.39 is 17.5 Å². The zero-order valence-corrected chi connectivity index (χ0v) is 16.5. The molecule has 0 radical (unpaired) electrons. The molecule has 3 N–H and O–H groups in total. The van der Waals surface area contributed by atoms with Gasteiger partial charge in [-0.1, -0.05) is 102 Å². The second kappa shape index (κ2) is 18.1. The first kappa shape index (κ1) is 24.3. The lowest BCUT2D eigenvalue weighted by molar-refractivity contribution is -0.135. The highest BCUT2D eigenvalue weighted by Crippen LogP contribution is 2.13. The average molecular weight is 367 g/mol. The molecule has 0 fully saturated rings. The first-order valence-corrected chi connectivity index (χ1v) is 10.3. The third-order valence-electron chi connectivity index (χ3n) is 4.42. The number of allylic oxidation sites excluding steroid dienone is 4. The fourth-order valence-corrected chi connectivity index (χ4v) is 2.79. The van der Waals surface area contributed by atoms with Crippen molar-refractivity contribution in [3.63, 3.8) is 0 Å². The zero-order valence-electron chi connectivity index (χ0n) is 16.5. The summed E-state index contributed by atoms with van der Waals surface area (Å²) in [5.41, 5.74) is 0. The Morgan fingerprint density at radius 1 is 0.692 bits per heavy atom. The maximum absolute atomic E-state index is 10.4. The number of carbonyl (C=O) groups is 1. The smallest absolute Gasteiger partial charge is 0.374 e. The third kappa shape index (κ3) is 15.8. The van der Waals surface area contributed by atoms with Crippen molar-refractivity contribution >= 4 is 5.97 Å². The first-order chi connectivity index (χ1) is 12.6. The summed E-state index contributed by atoms with van der Waals surface area (Å²) < 4.78 is 0. The Kier molecular flexibility index (Phi) is 16.9. The fourth-order valence-electron chi connectivity index (χ4n) is 2.79. The Morgan fingerprint density at radius 3 is 1.62 bits per heavy atom. The molecule has 0 atom stereocenters. The summed E-state index contributed by atoms with van der Waals surface area (Å²) in [5, 5.41) is 26.7. The van der Waals surface area contributed by atoms with E-state index in [0.29, 0.717) is 0 Å². The number of aliphatic hydroxyl groups excluding tert-OH is 2. The van der Waals surface area contributed by atoms with E-state index in [1.54, 1.807) is 6.08 Å². The summed E-state index contributed by atoms with van der Waals surface area (Å²) in [5.74, 6) is -3.21. The van der Waals surface area contributed by atoms with Crippen molar-refractivity contribution in [1.29, 1.82) is 0 Å². The lowest BCUT2D eigenvalue weighted by atomic mass is 10.0. The van der Waals surface area contributed by atoms with Gasteiger partial charge in [0.2, 0.25) is 5.76 Å². The van der Waals surface area contributed by atoms with Crippen LogP contribution in [0.25, 0.3) is 0 Å². The predicted molar refractivity (Wildman–Crippen MR) is 109 cm³/mol. The minimum absolute atomic E-state index is 0.636. The van der Waals surface area contributed by atoms with Gasteiger partial charge in [0.25, 0.3) is 0 Å². The highest BCUT2D eigenvalue weighted by Gasteiger charge is 2.08. The van der Waals surface area contributed by atoms with E-state index in [1.807, 2.05) is 6.08 Å². The molecule has 0 amide bonds. The molecule has 0 rings (SSSR count). The fraction of sp³-hybridized carbons (Fsp3) is 0.682. The Hall–Kier alpha value is -1.71. The summed E-state index contributed by atoms with van der Waals surface area (Å²) in [7, 11) is 0. The topological polar surface area (TPSA) is 77.8 Å². The zero-order chi connectivity index (χ0) is 19.5. The molecule has 0 spiro atoms. The quantitative estimate of drug-likeness (QED) is 0.112. The number of carboxylic acid groups (broad SMARTS) is 1. The van der Waals surface area contributed by atoms with Crippen LogP contribution >= 0.6 is 0 Å². The molecule has 0 heterocycles. The molecule has 0 bridgehead atoms. The van der Waals surface area contributed by atoms with Crippen molar-refractivity contribution in [2.75, 3.05) is 0 Å². The molecule has 0 aliphatic carbocycles. The van der Waals surface area contributed by atoms with E-state index in [4.69, 9.17) is 10.2 Å². The maximum atomic E-state index is 10.4. The van der Waals surface area contributed by atoms with Crippen molar-refractivity contribution in [3.8, 4) is 0 Å². The molecule has 0 aliphatic heterocycles. The highest BCUT2D eigenvalue weighted by atomic mass is 16.4. The van der Waals surface area contributed by atoms with Crippen LogP contribution in [0.15, 0.2) is 35.8 Å². The van der Waals surface area contributed by atoms with Gasteiger partial charge in [-0.25, -0.2) is 4.79 Å². The van der Waals surface area contributed by atoms with Gasteiger partial charge in [0.05, 0.1) is 0 Å². The predicted octanol–water partition coefficient (Wildman–Crippen LogP) is 6.99. The van der Waals surface area contributed by atoms with Gasteiger partial charge in [0, 0.05) is 0 Å². The van der Waals surface area contributed by atoms with Crippen molar-refractivity contribution < 1.29 is 20.1 Å². The number of hydrogen-bond donors (Lipinski definition) is 3. The van der Waals surface area contributed by atoms with E-state index in [2.05, 4.69) is 6.92 Å². The Morgan fingerprint density at radius 2 is 1.15 bits per heavy atom. The molecule has 26 heavy (non-hydrogen) atoms. The lowest BCUT2D eigenvalue weighted by Crippen LogP contribution is -2.02. The first-order valence-electron chi connectivity index (χ1n) is 10.3. The molecule has 0 aromatic rings. The SMILES string of the molecule is CCCCCCCCCCCCCCCC=CC=CC(O)=C(O)C(=O)O. The molecule has 150 valence electrons. The molecule has 4 nitrogen and oxygen atoms in total. The average Bonchev–Trinajstić information content (AvgIpc) is 2.63. The van der Waals surface area contributed by atoms with Crippen LogP contribution in [0, 0.1) is 0 Å². The standard InChI is InChI=1S/C22H38O4/c1-2-3-4-5-6-7-8-9-10-11-12-13-14-15-16-17-18-19-20(23)21(24)22(25)26/h16-19,23-24H,2-15H2,1H3,(H,25,26). The number of aliphatic hydroxyl groups is 2. The Balaban J connectivity index is 3.41. The molecule has 0 aliphatic rings. The molecule has 0 unspecified atom stereocenters. The number of hydrogen-bond acceptors (Lipinski definition) is 3. The van der Waals surface area contributed by atoms with Gasteiger partial charge in [-0.15, -0.1) is 0 Å². The summed E-state index contributed by atoms with van der Waals surface area (Å²) in [6.45, 7) is 2.26. The maximum Gasteiger partial charge on any atom is 0.374 e. The van der Waals surface area contributed by atoms with Crippen LogP contribution in [0.1, 0.15) is 96.8 Å². The minimum atomic E-state index is -1.54. The van der Waals surface area contributed by atoms with Gasteiger partial charge in [-0.3, -0.25) is 0 Å². The van der Waals surface area contributed by atoms with E-state index in [9.17, 15) is 9.90 Å². The van der Waals surface area contributed by atoms with Crippen LogP contribution in [0.5, 0.6) is 0 Å². The summed E-state index contributed by atoms with van der Waals surface area (Å²) in [6, 6.07) is 0. The minimum Gasteiger partial charge on any atom is -0.504 e. The summed E-state index contributed by atoms with van der Waals surface area (Å²) in [4.78, 5) is 10.4. The highest BCUT2D eigenvalue weighted by molar-refractivity contribution is 5.84. The van der Waals surface area contributed by atoms with Gasteiger partial charge in [-0.2, -0.15) is 0 Å². The van der Waals surface area contributed by atoms with Crippen LogP contribution < -0.4 is 0 Å². The second-order valence-corrected chi connectivity index (χ2v) is 6.86. The van der Waals surface area contributed by atoms with E-state index in [-0.39, 0.29) is 0 Å². The van der Waals surface area contributed by atoms with Crippen LogP contribution in [-0.4, -0.2) is 21.3 Å². The van der Waals surface area contributed by atoms with Crippen LogP contribution in [-0.2, 0) is 4.79 Å². The number of rotatable bonds is 17. The van der Waals surface area contributed by atoms with E-state index in [1.165, 1.54) is 89.2 Å². The number of aliphatic carboxylic acids is 1. The number of carboxylic acids is 1. The molecule has 0 saturated carbocycles. The van der Waals surface area contributed by atoms with Gasteiger partial charge in [-0.05, 0) is 18.9 Å². The van der Waals surface area contributed by atoms with Gasteiger partial charge in [0.15, 0.2) is 5.76 Å². The normalized spacial score (nSPS) is 12.8.